The monoisotopic (exact) mass is 288 g/mol. The van der Waals surface area contributed by atoms with Crippen molar-refractivity contribution in [2.75, 3.05) is 13.7 Å². The number of fused-ring (bicyclic) bond motifs is 1. The van der Waals surface area contributed by atoms with Crippen molar-refractivity contribution in [1.82, 2.24) is 5.06 Å². The first-order chi connectivity index (χ1) is 10.1. The molecule has 1 aliphatic heterocycles. The number of ether oxygens (including phenoxy) is 1. The van der Waals surface area contributed by atoms with Gasteiger partial charge in [0.15, 0.2) is 0 Å². The van der Waals surface area contributed by atoms with Crippen LogP contribution in [0.2, 0.25) is 0 Å². The van der Waals surface area contributed by atoms with Gasteiger partial charge < -0.3 is 15.0 Å². The Labute approximate surface area is 127 Å². The first-order valence-corrected chi connectivity index (χ1v) is 8.17. The lowest BCUT2D eigenvalue weighted by atomic mass is 9.56. The van der Waals surface area contributed by atoms with E-state index in [1.54, 1.807) is 7.11 Å². The molecule has 1 aromatic rings. The Morgan fingerprint density at radius 3 is 2.86 bits per heavy atom. The average Bonchev–Trinajstić information content (AvgIpc) is 2.52. The van der Waals surface area contributed by atoms with E-state index in [0.717, 1.165) is 12.2 Å². The standard InChI is InChI=1S/C18H26NO2/c1-13-7-8-15(21-3)12-17(13)18-9-5-4-6-16(18)14(2)19(20)11-10-18/h7-8,12,14,16H,4-6,9-11H2,1-3H3/q-1/t14?,16?,18-/m0/s1. The predicted octanol–water partition coefficient (Wildman–Crippen LogP) is 4.02. The number of aryl methyl sites for hydroxylation is 1. The Morgan fingerprint density at radius 2 is 2.10 bits per heavy atom. The molecule has 0 aromatic heterocycles. The van der Waals surface area contributed by atoms with E-state index < -0.39 is 0 Å². The summed E-state index contributed by atoms with van der Waals surface area (Å²) in [5, 5.41) is 13.4. The smallest absolute Gasteiger partial charge is 0.119 e. The molecule has 0 spiro atoms. The van der Waals surface area contributed by atoms with E-state index in [4.69, 9.17) is 4.74 Å². The summed E-state index contributed by atoms with van der Waals surface area (Å²) in [7, 11) is 1.73. The molecule has 1 heterocycles. The second kappa shape index (κ2) is 5.62. The lowest BCUT2D eigenvalue weighted by Gasteiger charge is -2.57. The molecule has 3 nitrogen and oxygen atoms in total. The van der Waals surface area contributed by atoms with E-state index in [9.17, 15) is 5.21 Å². The maximum Gasteiger partial charge on any atom is 0.119 e. The zero-order valence-corrected chi connectivity index (χ0v) is 13.4. The number of hydrogen-bond acceptors (Lipinski definition) is 3. The summed E-state index contributed by atoms with van der Waals surface area (Å²) in [6.07, 6.45) is 5.91. The first-order valence-electron chi connectivity index (χ1n) is 8.17. The number of rotatable bonds is 2. The third-order valence-electron chi connectivity index (χ3n) is 5.89. The Balaban J connectivity index is 2.08. The summed E-state index contributed by atoms with van der Waals surface area (Å²) in [5.41, 5.74) is 2.94. The van der Waals surface area contributed by atoms with Gasteiger partial charge in [-0.3, -0.25) is 0 Å². The zero-order valence-electron chi connectivity index (χ0n) is 13.4. The van der Waals surface area contributed by atoms with E-state index in [2.05, 4.69) is 26.0 Å². The molecular weight excluding hydrogens is 262 g/mol. The highest BCUT2D eigenvalue weighted by atomic mass is 16.5. The van der Waals surface area contributed by atoms with Gasteiger partial charge in [0, 0.05) is 5.41 Å². The number of nitrogens with zero attached hydrogens (tertiary/aromatic N) is 1. The summed E-state index contributed by atoms with van der Waals surface area (Å²) in [5.74, 6) is 1.41. The third kappa shape index (κ3) is 2.36. The van der Waals surface area contributed by atoms with Crippen molar-refractivity contribution in [3.05, 3.63) is 34.5 Å². The maximum atomic E-state index is 12.1. The van der Waals surface area contributed by atoms with Crippen LogP contribution in [0.1, 0.15) is 50.2 Å². The van der Waals surface area contributed by atoms with Gasteiger partial charge in [-0.15, -0.1) is 0 Å². The average molecular weight is 288 g/mol. The molecule has 2 aliphatic rings. The molecule has 1 saturated carbocycles. The number of methoxy groups -OCH3 is 1. The normalized spacial score (nSPS) is 33.5. The topological polar surface area (TPSA) is 35.5 Å². The summed E-state index contributed by atoms with van der Waals surface area (Å²) in [6.45, 7) is 4.98. The van der Waals surface area contributed by atoms with Gasteiger partial charge in [-0.25, -0.2) is 0 Å². The number of piperidine rings is 1. The molecule has 0 N–H and O–H groups in total. The Morgan fingerprint density at radius 1 is 1.29 bits per heavy atom. The minimum Gasteiger partial charge on any atom is -0.785 e. The van der Waals surface area contributed by atoms with E-state index in [1.807, 2.05) is 6.07 Å². The van der Waals surface area contributed by atoms with Crippen LogP contribution in [0.3, 0.4) is 0 Å². The highest BCUT2D eigenvalue weighted by molar-refractivity contribution is 5.41. The Kier molecular flexibility index (Phi) is 3.98. The van der Waals surface area contributed by atoms with Gasteiger partial charge in [0.25, 0.3) is 0 Å². The van der Waals surface area contributed by atoms with Crippen LogP contribution in [0.25, 0.3) is 0 Å². The second-order valence-electron chi connectivity index (χ2n) is 6.82. The Hall–Kier alpha value is -1.06. The highest BCUT2D eigenvalue weighted by Gasteiger charge is 2.47. The molecule has 1 aliphatic carbocycles. The van der Waals surface area contributed by atoms with Crippen LogP contribution < -0.4 is 4.74 Å². The van der Waals surface area contributed by atoms with Crippen LogP contribution in [-0.2, 0) is 5.41 Å². The first kappa shape index (κ1) is 14.9. The minimum absolute atomic E-state index is 0.129. The second-order valence-corrected chi connectivity index (χ2v) is 6.82. The molecule has 3 rings (SSSR count). The highest BCUT2D eigenvalue weighted by Crippen LogP contribution is 2.52. The quantitative estimate of drug-likeness (QED) is 0.824. The van der Waals surface area contributed by atoms with Crippen molar-refractivity contribution in [3.8, 4) is 5.75 Å². The van der Waals surface area contributed by atoms with Crippen molar-refractivity contribution >= 4 is 0 Å². The van der Waals surface area contributed by atoms with Crippen molar-refractivity contribution < 1.29 is 4.74 Å². The fraction of sp³-hybridized carbons (Fsp3) is 0.667. The van der Waals surface area contributed by atoms with E-state index in [1.165, 1.54) is 41.9 Å². The molecule has 0 radical (unpaired) electrons. The molecule has 3 atom stereocenters. The van der Waals surface area contributed by atoms with E-state index in [0.29, 0.717) is 12.5 Å². The third-order valence-corrected chi connectivity index (χ3v) is 5.89. The van der Waals surface area contributed by atoms with Crippen LogP contribution in [-0.4, -0.2) is 24.8 Å². The fourth-order valence-electron chi connectivity index (χ4n) is 4.73. The van der Waals surface area contributed by atoms with Crippen molar-refractivity contribution in [3.63, 3.8) is 0 Å². The van der Waals surface area contributed by atoms with Gasteiger partial charge in [0.1, 0.15) is 5.75 Å². The molecule has 2 fully saturated rings. The number of hydrogen-bond donors (Lipinski definition) is 0. The van der Waals surface area contributed by atoms with Crippen molar-refractivity contribution in [2.45, 2.75) is 57.4 Å². The predicted molar refractivity (Wildman–Crippen MR) is 85.5 cm³/mol. The lowest BCUT2D eigenvalue weighted by Crippen LogP contribution is -2.54. The summed E-state index contributed by atoms with van der Waals surface area (Å²) in [4.78, 5) is 0. The summed E-state index contributed by atoms with van der Waals surface area (Å²) >= 11 is 0. The molecule has 0 amide bonds. The molecule has 2 unspecified atom stereocenters. The van der Waals surface area contributed by atoms with Gasteiger partial charge in [-0.05, 0) is 68.0 Å². The SMILES string of the molecule is COc1ccc(C)c([C@]23CCCCC2C(C)N([O-])CC3)c1. The fourth-order valence-corrected chi connectivity index (χ4v) is 4.73. The van der Waals surface area contributed by atoms with Gasteiger partial charge >= 0.3 is 0 Å². The molecule has 3 heteroatoms. The molecule has 1 saturated heterocycles. The van der Waals surface area contributed by atoms with Crippen LogP contribution in [0.5, 0.6) is 5.75 Å². The minimum atomic E-state index is 0.129. The van der Waals surface area contributed by atoms with Gasteiger partial charge in [0.2, 0.25) is 0 Å². The van der Waals surface area contributed by atoms with Crippen molar-refractivity contribution in [1.29, 1.82) is 0 Å². The van der Waals surface area contributed by atoms with Gasteiger partial charge in [-0.1, -0.05) is 25.8 Å². The van der Waals surface area contributed by atoms with Crippen LogP contribution in [0.4, 0.5) is 0 Å². The maximum absolute atomic E-state index is 12.1. The summed E-state index contributed by atoms with van der Waals surface area (Å²) in [6, 6.07) is 6.56. The van der Waals surface area contributed by atoms with Crippen LogP contribution in [0, 0.1) is 18.0 Å². The zero-order chi connectivity index (χ0) is 15.0. The van der Waals surface area contributed by atoms with Gasteiger partial charge in [0.05, 0.1) is 7.11 Å². The van der Waals surface area contributed by atoms with Crippen LogP contribution >= 0.6 is 0 Å². The Bertz CT molecular complexity index is 516. The van der Waals surface area contributed by atoms with Crippen LogP contribution in [0.15, 0.2) is 18.2 Å². The van der Waals surface area contributed by atoms with E-state index >= 15 is 0 Å². The molecular formula is C18H26NO2-. The molecule has 21 heavy (non-hydrogen) atoms. The van der Waals surface area contributed by atoms with Crippen molar-refractivity contribution in [2.24, 2.45) is 5.92 Å². The summed E-state index contributed by atoms with van der Waals surface area (Å²) < 4.78 is 5.45. The molecule has 0 bridgehead atoms. The van der Waals surface area contributed by atoms with E-state index in [-0.39, 0.29) is 11.5 Å². The lowest BCUT2D eigenvalue weighted by molar-refractivity contribution is 0.0340. The molecule has 1 aromatic carbocycles. The molecule has 116 valence electrons. The number of hydroxylamine groups is 2. The van der Waals surface area contributed by atoms with Gasteiger partial charge in [-0.2, -0.15) is 0 Å². The number of benzene rings is 1. The largest absolute Gasteiger partial charge is 0.785 e.